The van der Waals surface area contributed by atoms with Crippen molar-refractivity contribution in [2.75, 3.05) is 23.8 Å². The van der Waals surface area contributed by atoms with Crippen LogP contribution in [0.4, 0.5) is 28.8 Å². The van der Waals surface area contributed by atoms with E-state index in [4.69, 9.17) is 16.3 Å². The van der Waals surface area contributed by atoms with Crippen LogP contribution >= 0.6 is 22.9 Å². The summed E-state index contributed by atoms with van der Waals surface area (Å²) >= 11 is 6.76. The number of halogens is 4. The van der Waals surface area contributed by atoms with Gasteiger partial charge >= 0.3 is 12.2 Å². The number of aromatic nitrogens is 1. The van der Waals surface area contributed by atoms with Crippen molar-refractivity contribution in [2.24, 2.45) is 5.92 Å². The number of nitrogens with one attached hydrogen (secondary N) is 3. The Kier molecular flexibility index (Phi) is 6.75. The number of nitrogens with zero attached hydrogens (tertiary/aromatic N) is 1. The summed E-state index contributed by atoms with van der Waals surface area (Å²) in [7, 11) is -4.47. The zero-order valence-electron chi connectivity index (χ0n) is 15.1. The van der Waals surface area contributed by atoms with Gasteiger partial charge in [0.25, 0.3) is 0 Å². The van der Waals surface area contributed by atoms with E-state index >= 15 is 0 Å². The van der Waals surface area contributed by atoms with Gasteiger partial charge in [-0.2, -0.15) is 13.2 Å². The molecule has 164 valence electrons. The lowest BCUT2D eigenvalue weighted by molar-refractivity contribution is -0.121. The molecule has 14 heteroatoms. The van der Waals surface area contributed by atoms with Crippen LogP contribution in [0.1, 0.15) is 12.8 Å². The number of alkyl halides is 3. The average Bonchev–Trinajstić information content (AvgIpc) is 3.39. The van der Waals surface area contributed by atoms with Crippen molar-refractivity contribution in [3.63, 3.8) is 0 Å². The highest BCUT2D eigenvalue weighted by atomic mass is 35.5. The van der Waals surface area contributed by atoms with Crippen LogP contribution in [0, 0.1) is 5.92 Å². The predicted molar refractivity (Wildman–Crippen MR) is 106 cm³/mol. The minimum absolute atomic E-state index is 0.0225. The second kappa shape index (κ2) is 8.96. The number of hydrogen-bond donors (Lipinski definition) is 3. The summed E-state index contributed by atoms with van der Waals surface area (Å²) in [6.45, 7) is -1.35. The van der Waals surface area contributed by atoms with Crippen molar-refractivity contribution in [2.45, 2.75) is 23.9 Å². The van der Waals surface area contributed by atoms with Crippen LogP contribution in [0.15, 0.2) is 29.3 Å². The molecule has 0 radical (unpaired) electrons. The third kappa shape index (κ3) is 6.72. The van der Waals surface area contributed by atoms with Crippen LogP contribution < -0.4 is 20.1 Å². The van der Waals surface area contributed by atoms with Gasteiger partial charge in [0, 0.05) is 0 Å². The second-order valence-electron chi connectivity index (χ2n) is 6.40. The van der Waals surface area contributed by atoms with Crippen LogP contribution in [0.5, 0.6) is 5.75 Å². The number of urea groups is 1. The SMILES string of the molecule is O=C(Nc1ncc(Cl)s1)Nc1cc(S(=O)(=O)NCC(F)(F)F)ccc1OCC1CC1. The number of benzene rings is 1. The molecular formula is C16H16ClF3N4O4S2. The summed E-state index contributed by atoms with van der Waals surface area (Å²) in [5.74, 6) is 0.560. The van der Waals surface area contributed by atoms with Crippen LogP contribution in [0.3, 0.4) is 0 Å². The molecule has 1 aromatic heterocycles. The van der Waals surface area contributed by atoms with Gasteiger partial charge in [0.15, 0.2) is 5.13 Å². The number of carbonyl (C=O) groups excluding carboxylic acids is 1. The van der Waals surface area contributed by atoms with Crippen LogP contribution in [-0.2, 0) is 10.0 Å². The Morgan fingerprint density at radius 3 is 2.63 bits per heavy atom. The number of rotatable bonds is 8. The molecule has 30 heavy (non-hydrogen) atoms. The summed E-state index contributed by atoms with van der Waals surface area (Å²) in [6, 6.07) is 2.65. The molecule has 1 saturated carbocycles. The smallest absolute Gasteiger partial charge is 0.402 e. The molecule has 3 N–H and O–H groups in total. The van der Waals surface area contributed by atoms with E-state index in [-0.39, 0.29) is 16.6 Å². The summed E-state index contributed by atoms with van der Waals surface area (Å²) in [4.78, 5) is 15.6. The number of ether oxygens (including phenoxy) is 1. The maximum absolute atomic E-state index is 12.4. The van der Waals surface area contributed by atoms with E-state index in [0.717, 1.165) is 36.3 Å². The number of sulfonamides is 1. The average molecular weight is 485 g/mol. The normalized spacial score (nSPS) is 14.4. The monoisotopic (exact) mass is 484 g/mol. The minimum Gasteiger partial charge on any atom is -0.491 e. The summed E-state index contributed by atoms with van der Waals surface area (Å²) in [6.07, 6.45) is -1.37. The van der Waals surface area contributed by atoms with E-state index in [2.05, 4.69) is 15.6 Å². The molecule has 0 bridgehead atoms. The van der Waals surface area contributed by atoms with E-state index in [9.17, 15) is 26.4 Å². The predicted octanol–water partition coefficient (Wildman–Crippen LogP) is 4.07. The first-order valence-electron chi connectivity index (χ1n) is 8.54. The molecule has 1 fully saturated rings. The highest BCUT2D eigenvalue weighted by Gasteiger charge is 2.30. The summed E-state index contributed by atoms with van der Waals surface area (Å²) in [5, 5.41) is 5.06. The fraction of sp³-hybridized carbons (Fsp3) is 0.375. The number of thiazole rings is 1. The molecule has 0 aliphatic heterocycles. The van der Waals surface area contributed by atoms with Gasteiger partial charge in [0.2, 0.25) is 10.0 Å². The Morgan fingerprint density at radius 1 is 1.30 bits per heavy atom. The Labute approximate surface area is 178 Å². The molecule has 0 saturated heterocycles. The zero-order valence-corrected chi connectivity index (χ0v) is 17.5. The Bertz CT molecular complexity index is 1030. The van der Waals surface area contributed by atoms with E-state index in [1.807, 2.05) is 0 Å². The lowest BCUT2D eigenvalue weighted by Crippen LogP contribution is -2.33. The molecule has 1 aliphatic rings. The fourth-order valence-electron chi connectivity index (χ4n) is 2.22. The van der Waals surface area contributed by atoms with Gasteiger partial charge in [-0.15, -0.1) is 0 Å². The van der Waals surface area contributed by atoms with Gasteiger partial charge in [-0.05, 0) is 37.0 Å². The first kappa shape index (κ1) is 22.6. The molecule has 3 rings (SSSR count). The van der Waals surface area contributed by atoms with Crippen molar-refractivity contribution in [3.05, 3.63) is 28.7 Å². The van der Waals surface area contributed by atoms with E-state index in [1.165, 1.54) is 17.0 Å². The maximum Gasteiger partial charge on any atom is 0.402 e. The van der Waals surface area contributed by atoms with Crippen molar-refractivity contribution < 1.29 is 31.1 Å². The van der Waals surface area contributed by atoms with E-state index < -0.39 is 33.7 Å². The van der Waals surface area contributed by atoms with Gasteiger partial charge in [-0.3, -0.25) is 5.32 Å². The Hall–Kier alpha value is -2.09. The van der Waals surface area contributed by atoms with Crippen LogP contribution in [-0.4, -0.2) is 38.8 Å². The molecule has 0 spiro atoms. The highest BCUT2D eigenvalue weighted by molar-refractivity contribution is 7.89. The number of amides is 2. The van der Waals surface area contributed by atoms with Gasteiger partial charge in [0.1, 0.15) is 16.6 Å². The molecule has 0 unspecified atom stereocenters. The van der Waals surface area contributed by atoms with Gasteiger partial charge in [-0.25, -0.2) is 22.9 Å². The molecular weight excluding hydrogens is 469 g/mol. The second-order valence-corrected chi connectivity index (χ2v) is 9.83. The standard InChI is InChI=1S/C16H16ClF3N4O4S2/c17-13-6-21-15(29-13)24-14(25)23-11-5-10(30(26,27)22-8-16(18,19)20)3-4-12(11)28-7-9-1-2-9/h3-6,9,22H,1-2,7-8H2,(H2,21,23,24,25). The Morgan fingerprint density at radius 2 is 2.03 bits per heavy atom. The maximum atomic E-state index is 12.4. The number of hydrogen-bond acceptors (Lipinski definition) is 6. The van der Waals surface area contributed by atoms with Crippen molar-refractivity contribution >= 4 is 49.8 Å². The van der Waals surface area contributed by atoms with E-state index in [0.29, 0.717) is 16.9 Å². The third-order valence-electron chi connectivity index (χ3n) is 3.84. The first-order chi connectivity index (χ1) is 14.0. The molecule has 2 amide bonds. The van der Waals surface area contributed by atoms with Crippen molar-refractivity contribution in [1.29, 1.82) is 0 Å². The largest absolute Gasteiger partial charge is 0.491 e. The topological polar surface area (TPSA) is 109 Å². The van der Waals surface area contributed by atoms with E-state index in [1.54, 1.807) is 0 Å². The molecule has 2 aromatic rings. The van der Waals surface area contributed by atoms with Crippen LogP contribution in [0.25, 0.3) is 0 Å². The number of carbonyl (C=O) groups is 1. The number of anilines is 2. The summed E-state index contributed by atoms with van der Waals surface area (Å²) in [5.41, 5.74) is -0.0225. The fourth-order valence-corrected chi connectivity index (χ4v) is 4.06. The van der Waals surface area contributed by atoms with Gasteiger partial charge in [-0.1, -0.05) is 22.9 Å². The van der Waals surface area contributed by atoms with Crippen molar-refractivity contribution in [1.82, 2.24) is 9.71 Å². The zero-order chi connectivity index (χ0) is 21.9. The molecule has 0 atom stereocenters. The lowest BCUT2D eigenvalue weighted by Gasteiger charge is -2.15. The van der Waals surface area contributed by atoms with Gasteiger partial charge < -0.3 is 10.1 Å². The molecule has 1 aromatic carbocycles. The third-order valence-corrected chi connectivity index (χ3v) is 6.27. The lowest BCUT2D eigenvalue weighted by atomic mass is 10.3. The molecule has 8 nitrogen and oxygen atoms in total. The molecule has 1 heterocycles. The Balaban J connectivity index is 1.79. The first-order valence-corrected chi connectivity index (χ1v) is 11.2. The summed E-state index contributed by atoms with van der Waals surface area (Å²) < 4.78 is 69.0. The minimum atomic E-state index is -4.71. The van der Waals surface area contributed by atoms with Crippen molar-refractivity contribution in [3.8, 4) is 5.75 Å². The highest BCUT2D eigenvalue weighted by Crippen LogP contribution is 2.33. The van der Waals surface area contributed by atoms with Gasteiger partial charge in [0.05, 0.1) is 23.4 Å². The molecule has 1 aliphatic carbocycles. The van der Waals surface area contributed by atoms with Crippen LogP contribution in [0.2, 0.25) is 4.34 Å². The quantitative estimate of drug-likeness (QED) is 0.523.